The lowest BCUT2D eigenvalue weighted by molar-refractivity contribution is -0.191. The lowest BCUT2D eigenvalue weighted by Crippen LogP contribution is -2.51. The van der Waals surface area contributed by atoms with E-state index in [1.54, 1.807) is 0 Å². The van der Waals surface area contributed by atoms with Crippen molar-refractivity contribution in [2.45, 2.75) is 31.8 Å². The van der Waals surface area contributed by atoms with Crippen LogP contribution in [-0.4, -0.2) is 79.0 Å². The van der Waals surface area contributed by atoms with Crippen LogP contribution >= 0.6 is 0 Å². The van der Waals surface area contributed by atoms with Crippen molar-refractivity contribution in [1.82, 2.24) is 19.8 Å². The van der Waals surface area contributed by atoms with Gasteiger partial charge in [-0.25, -0.2) is 4.52 Å². The molecule has 2 atom stereocenters. The number of benzene rings is 1. The highest BCUT2D eigenvalue weighted by Gasteiger charge is 2.33. The quantitative estimate of drug-likeness (QED) is 0.520. The summed E-state index contributed by atoms with van der Waals surface area (Å²) in [6.07, 6.45) is 5.28. The Morgan fingerprint density at radius 3 is 2.59 bits per heavy atom. The number of methoxy groups -OCH3 is 1. The highest BCUT2D eigenvalue weighted by atomic mass is 16.6. The number of nitrogens with one attached hydrogen (secondary N) is 1. The van der Waals surface area contributed by atoms with Gasteiger partial charge < -0.3 is 24.8 Å². The molecule has 182 valence electrons. The second-order valence-electron chi connectivity index (χ2n) is 9.14. The fourth-order valence-corrected chi connectivity index (χ4v) is 5.25. The van der Waals surface area contributed by atoms with Crippen molar-refractivity contribution < 1.29 is 14.6 Å². The van der Waals surface area contributed by atoms with Crippen molar-refractivity contribution >= 4 is 11.2 Å². The van der Waals surface area contributed by atoms with Crippen molar-refractivity contribution in [3.63, 3.8) is 0 Å². The van der Waals surface area contributed by atoms with Crippen LogP contribution < -0.4 is 10.2 Å². The molecule has 1 unspecified atom stereocenters. The van der Waals surface area contributed by atoms with Gasteiger partial charge in [-0.1, -0.05) is 24.3 Å². The number of piperidine rings is 1. The molecule has 34 heavy (non-hydrogen) atoms. The van der Waals surface area contributed by atoms with Crippen LogP contribution in [0.25, 0.3) is 16.6 Å². The number of anilines is 1. The average molecular weight is 466 g/mol. The summed E-state index contributed by atoms with van der Waals surface area (Å²) < 4.78 is 13.3. The molecule has 2 N–H and O–H groups in total. The minimum absolute atomic E-state index is 0.241. The van der Waals surface area contributed by atoms with Gasteiger partial charge in [-0.3, -0.25) is 4.90 Å². The third kappa shape index (κ3) is 4.44. The number of ether oxygens (including phenoxy) is 2. The van der Waals surface area contributed by atoms with Gasteiger partial charge in [0.05, 0.1) is 11.2 Å². The molecule has 4 heterocycles. The van der Waals surface area contributed by atoms with Gasteiger partial charge in [0.15, 0.2) is 0 Å². The zero-order chi connectivity index (χ0) is 23.5. The first kappa shape index (κ1) is 23.3. The smallest absolute Gasteiger partial charge is 0.216 e. The number of hydrogen-bond acceptors (Lipinski definition) is 7. The summed E-state index contributed by atoms with van der Waals surface area (Å²) in [6, 6.07) is 13.1. The van der Waals surface area contributed by atoms with E-state index in [0.29, 0.717) is 6.61 Å². The van der Waals surface area contributed by atoms with E-state index in [4.69, 9.17) is 9.47 Å². The summed E-state index contributed by atoms with van der Waals surface area (Å²) in [5, 5.41) is 18.2. The number of fused-ring (bicyclic) bond motifs is 1. The van der Waals surface area contributed by atoms with Crippen molar-refractivity contribution in [3.8, 4) is 11.1 Å². The van der Waals surface area contributed by atoms with Crippen LogP contribution in [0.1, 0.15) is 25.3 Å². The normalized spacial score (nSPS) is 22.9. The number of rotatable bonds is 7. The SMILES string of the molecule is CCOC(O)N1CCN(c2ccnn3cc(-c4ccc([C@]5(OC)CCCNC5)cc4)cc23)CC1. The molecule has 0 radical (unpaired) electrons. The van der Waals surface area contributed by atoms with E-state index in [-0.39, 0.29) is 5.60 Å². The van der Waals surface area contributed by atoms with Crippen molar-refractivity contribution in [1.29, 1.82) is 0 Å². The third-order valence-corrected chi connectivity index (χ3v) is 7.25. The molecule has 0 bridgehead atoms. The van der Waals surface area contributed by atoms with E-state index >= 15 is 0 Å². The Bertz CT molecular complexity index is 1090. The summed E-state index contributed by atoms with van der Waals surface area (Å²) >= 11 is 0. The third-order valence-electron chi connectivity index (χ3n) is 7.25. The summed E-state index contributed by atoms with van der Waals surface area (Å²) in [6.45, 7) is 7.45. The molecule has 0 spiro atoms. The van der Waals surface area contributed by atoms with Crippen LogP contribution in [0.15, 0.2) is 48.8 Å². The fourth-order valence-electron chi connectivity index (χ4n) is 5.25. The predicted octanol–water partition coefficient (Wildman–Crippen LogP) is 2.66. The van der Waals surface area contributed by atoms with Crippen molar-refractivity contribution in [2.24, 2.45) is 0 Å². The van der Waals surface area contributed by atoms with E-state index in [1.807, 2.05) is 29.6 Å². The molecule has 2 aromatic heterocycles. The van der Waals surface area contributed by atoms with Crippen molar-refractivity contribution in [3.05, 3.63) is 54.4 Å². The second-order valence-corrected chi connectivity index (χ2v) is 9.14. The predicted molar refractivity (Wildman–Crippen MR) is 133 cm³/mol. The van der Waals surface area contributed by atoms with E-state index in [0.717, 1.165) is 68.9 Å². The highest BCUT2D eigenvalue weighted by molar-refractivity contribution is 5.80. The Kier molecular flexibility index (Phi) is 6.85. The molecule has 5 rings (SSSR count). The van der Waals surface area contributed by atoms with Crippen LogP contribution in [-0.2, 0) is 15.1 Å². The second kappa shape index (κ2) is 10.0. The summed E-state index contributed by atoms with van der Waals surface area (Å²) in [5.41, 5.74) is 5.54. The van der Waals surface area contributed by atoms with E-state index < -0.39 is 6.41 Å². The first-order chi connectivity index (χ1) is 16.6. The highest BCUT2D eigenvalue weighted by Crippen LogP contribution is 2.34. The standard InChI is InChI=1S/C26H35N5O3/c1-3-34-25(32)30-15-13-29(14-16-30)23-9-12-28-31-18-21(17-24(23)31)20-5-7-22(8-6-20)26(33-2)10-4-11-27-19-26/h5-9,12,17-18,25,27,32H,3-4,10-11,13-16,19H2,1-2H3/t25?,26-/m0/s1. The summed E-state index contributed by atoms with van der Waals surface area (Å²) in [4.78, 5) is 4.33. The monoisotopic (exact) mass is 465 g/mol. The molecule has 1 aromatic carbocycles. The zero-order valence-corrected chi connectivity index (χ0v) is 20.1. The number of hydrogen-bond donors (Lipinski definition) is 2. The molecule has 2 aliphatic rings. The molecule has 8 heteroatoms. The Morgan fingerprint density at radius 1 is 1.12 bits per heavy atom. The molecule has 2 saturated heterocycles. The topological polar surface area (TPSA) is 74.5 Å². The largest absolute Gasteiger partial charge is 0.372 e. The maximum Gasteiger partial charge on any atom is 0.216 e. The van der Waals surface area contributed by atoms with Crippen LogP contribution in [0.2, 0.25) is 0 Å². The van der Waals surface area contributed by atoms with Gasteiger partial charge in [0.2, 0.25) is 6.41 Å². The maximum atomic E-state index is 10.1. The van der Waals surface area contributed by atoms with Gasteiger partial charge in [-0.05, 0) is 49.6 Å². The molecule has 2 fully saturated rings. The molecule has 3 aromatic rings. The fraction of sp³-hybridized carbons (Fsp3) is 0.500. The first-order valence-electron chi connectivity index (χ1n) is 12.3. The van der Waals surface area contributed by atoms with E-state index in [9.17, 15) is 5.11 Å². The van der Waals surface area contributed by atoms with Gasteiger partial charge in [0.1, 0.15) is 5.60 Å². The molecule has 0 amide bonds. The number of piperazine rings is 1. The lowest BCUT2D eigenvalue weighted by Gasteiger charge is -2.37. The number of nitrogens with zero attached hydrogens (tertiary/aromatic N) is 4. The molecule has 2 aliphatic heterocycles. The minimum Gasteiger partial charge on any atom is -0.372 e. The van der Waals surface area contributed by atoms with Crippen LogP contribution in [0, 0.1) is 0 Å². The summed E-state index contributed by atoms with van der Waals surface area (Å²) in [7, 11) is 1.81. The maximum absolute atomic E-state index is 10.1. The minimum atomic E-state index is -0.825. The van der Waals surface area contributed by atoms with E-state index in [1.165, 1.54) is 11.1 Å². The Morgan fingerprint density at radius 2 is 1.91 bits per heavy atom. The molecular weight excluding hydrogens is 430 g/mol. The lowest BCUT2D eigenvalue weighted by atomic mass is 9.85. The molecule has 0 saturated carbocycles. The number of aliphatic hydroxyl groups is 1. The Hall–Kier alpha value is -2.49. The Labute approximate surface area is 201 Å². The summed E-state index contributed by atoms with van der Waals surface area (Å²) in [5.74, 6) is 0. The van der Waals surface area contributed by atoms with Gasteiger partial charge in [-0.2, -0.15) is 5.10 Å². The van der Waals surface area contributed by atoms with E-state index in [2.05, 4.69) is 57.9 Å². The number of aliphatic hydroxyl groups excluding tert-OH is 1. The van der Waals surface area contributed by atoms with Crippen LogP contribution in [0.3, 0.4) is 0 Å². The number of aromatic nitrogens is 2. The molecular formula is C26H35N5O3. The molecule has 0 aliphatic carbocycles. The van der Waals surface area contributed by atoms with Gasteiger partial charge in [0, 0.05) is 64.4 Å². The van der Waals surface area contributed by atoms with Gasteiger partial charge >= 0.3 is 0 Å². The average Bonchev–Trinajstić information content (AvgIpc) is 3.34. The van der Waals surface area contributed by atoms with Crippen LogP contribution in [0.4, 0.5) is 5.69 Å². The Balaban J connectivity index is 1.36. The first-order valence-corrected chi connectivity index (χ1v) is 12.3. The van der Waals surface area contributed by atoms with Crippen molar-refractivity contribution in [2.75, 3.05) is 57.9 Å². The van der Waals surface area contributed by atoms with Gasteiger partial charge in [0.25, 0.3) is 0 Å². The van der Waals surface area contributed by atoms with Gasteiger partial charge in [-0.15, -0.1) is 0 Å². The molecule has 8 nitrogen and oxygen atoms in total. The van der Waals surface area contributed by atoms with Crippen LogP contribution in [0.5, 0.6) is 0 Å². The zero-order valence-electron chi connectivity index (χ0n) is 20.1.